The van der Waals surface area contributed by atoms with E-state index >= 15 is 0 Å². The number of nitrogens with one attached hydrogen (secondary N) is 1. The van der Waals surface area contributed by atoms with Crippen LogP contribution < -0.4 is 5.32 Å². The second kappa shape index (κ2) is 7.29. The van der Waals surface area contributed by atoms with Gasteiger partial charge in [0.2, 0.25) is 0 Å². The lowest BCUT2D eigenvalue weighted by molar-refractivity contribution is 0.124. The summed E-state index contributed by atoms with van der Waals surface area (Å²) in [6.07, 6.45) is 5.39. The van der Waals surface area contributed by atoms with Crippen LogP contribution in [0.15, 0.2) is 0 Å². The lowest BCUT2D eigenvalue weighted by Crippen LogP contribution is -2.55. The molecule has 0 radical (unpaired) electrons. The number of hydrogen-bond donors (Lipinski definition) is 1. The third kappa shape index (κ3) is 4.84. The molecule has 0 saturated carbocycles. The molecule has 0 aromatic carbocycles. The highest BCUT2D eigenvalue weighted by molar-refractivity contribution is 4.83. The van der Waals surface area contributed by atoms with Crippen molar-refractivity contribution in [2.24, 2.45) is 5.92 Å². The van der Waals surface area contributed by atoms with Gasteiger partial charge >= 0.3 is 0 Å². The molecular weight excluding hydrogens is 196 g/mol. The molecule has 1 aliphatic rings. The summed E-state index contributed by atoms with van der Waals surface area (Å²) in [7, 11) is 0. The molecule has 0 spiro atoms. The van der Waals surface area contributed by atoms with Crippen molar-refractivity contribution in [1.82, 2.24) is 10.2 Å². The normalized spacial score (nSPS) is 27.6. The van der Waals surface area contributed by atoms with Gasteiger partial charge in [-0.1, -0.05) is 27.2 Å². The van der Waals surface area contributed by atoms with Crippen LogP contribution in [0.4, 0.5) is 0 Å². The van der Waals surface area contributed by atoms with Crippen LogP contribution in [0.3, 0.4) is 0 Å². The molecule has 2 nitrogen and oxygen atoms in total. The van der Waals surface area contributed by atoms with E-state index in [-0.39, 0.29) is 0 Å². The van der Waals surface area contributed by atoms with E-state index < -0.39 is 0 Å². The maximum absolute atomic E-state index is 3.60. The number of rotatable bonds is 6. The highest BCUT2D eigenvalue weighted by atomic mass is 15.2. The smallest absolute Gasteiger partial charge is 0.0221 e. The van der Waals surface area contributed by atoms with Crippen molar-refractivity contribution >= 4 is 0 Å². The molecule has 2 atom stereocenters. The lowest BCUT2D eigenvalue weighted by Gasteiger charge is -2.39. The maximum atomic E-state index is 3.60. The van der Waals surface area contributed by atoms with Gasteiger partial charge in [-0.05, 0) is 38.6 Å². The third-order valence-electron chi connectivity index (χ3n) is 3.58. The number of nitrogens with zero attached hydrogens (tertiary/aromatic N) is 1. The van der Waals surface area contributed by atoms with Crippen molar-refractivity contribution in [3.63, 3.8) is 0 Å². The van der Waals surface area contributed by atoms with Crippen molar-refractivity contribution < 1.29 is 0 Å². The van der Waals surface area contributed by atoms with Crippen LogP contribution in [-0.2, 0) is 0 Å². The SMILES string of the molecule is CCCC1CNC(C)CN1CCCC(C)C. The quantitative estimate of drug-likeness (QED) is 0.749. The fourth-order valence-electron chi connectivity index (χ4n) is 2.63. The molecule has 0 aromatic rings. The highest BCUT2D eigenvalue weighted by Gasteiger charge is 2.24. The van der Waals surface area contributed by atoms with Crippen LogP contribution in [0.25, 0.3) is 0 Å². The van der Waals surface area contributed by atoms with Gasteiger partial charge in [0.15, 0.2) is 0 Å². The predicted octanol–water partition coefficient (Wildman–Crippen LogP) is 2.89. The molecule has 16 heavy (non-hydrogen) atoms. The van der Waals surface area contributed by atoms with Gasteiger partial charge in [-0.25, -0.2) is 0 Å². The minimum Gasteiger partial charge on any atom is -0.311 e. The van der Waals surface area contributed by atoms with Crippen molar-refractivity contribution in [2.75, 3.05) is 19.6 Å². The fourth-order valence-corrected chi connectivity index (χ4v) is 2.63. The van der Waals surface area contributed by atoms with E-state index in [2.05, 4.69) is 37.9 Å². The molecule has 96 valence electrons. The first-order valence-electron chi connectivity index (χ1n) is 7.11. The Hall–Kier alpha value is -0.0800. The van der Waals surface area contributed by atoms with E-state index in [1.54, 1.807) is 0 Å². The van der Waals surface area contributed by atoms with Gasteiger partial charge in [-0.15, -0.1) is 0 Å². The van der Waals surface area contributed by atoms with E-state index in [9.17, 15) is 0 Å². The van der Waals surface area contributed by atoms with Gasteiger partial charge < -0.3 is 5.32 Å². The van der Waals surface area contributed by atoms with Crippen LogP contribution in [0.2, 0.25) is 0 Å². The maximum Gasteiger partial charge on any atom is 0.0221 e. The Balaban J connectivity index is 2.32. The number of piperazine rings is 1. The Morgan fingerprint density at radius 2 is 2.12 bits per heavy atom. The summed E-state index contributed by atoms with van der Waals surface area (Å²) >= 11 is 0. The molecule has 1 fully saturated rings. The van der Waals surface area contributed by atoms with Crippen LogP contribution in [-0.4, -0.2) is 36.6 Å². The molecule has 2 heteroatoms. The second-order valence-corrected chi connectivity index (χ2v) is 5.78. The van der Waals surface area contributed by atoms with E-state index in [4.69, 9.17) is 0 Å². The van der Waals surface area contributed by atoms with Gasteiger partial charge in [0, 0.05) is 25.2 Å². The minimum atomic E-state index is 0.673. The fraction of sp³-hybridized carbons (Fsp3) is 1.00. The summed E-state index contributed by atoms with van der Waals surface area (Å²) in [5.74, 6) is 0.852. The largest absolute Gasteiger partial charge is 0.311 e. The van der Waals surface area contributed by atoms with Crippen molar-refractivity contribution in [3.05, 3.63) is 0 Å². The molecule has 1 aliphatic heterocycles. The first-order valence-corrected chi connectivity index (χ1v) is 7.11. The molecule has 0 amide bonds. The van der Waals surface area contributed by atoms with Crippen molar-refractivity contribution in [2.45, 2.75) is 65.5 Å². The third-order valence-corrected chi connectivity index (χ3v) is 3.58. The topological polar surface area (TPSA) is 15.3 Å². The zero-order valence-electron chi connectivity index (χ0n) is 11.6. The molecule has 0 bridgehead atoms. The van der Waals surface area contributed by atoms with Gasteiger partial charge in [-0.2, -0.15) is 0 Å². The van der Waals surface area contributed by atoms with E-state index in [1.165, 1.54) is 45.3 Å². The monoisotopic (exact) mass is 226 g/mol. The summed E-state index contributed by atoms with van der Waals surface area (Å²) in [5, 5.41) is 3.60. The van der Waals surface area contributed by atoms with Crippen LogP contribution in [0.5, 0.6) is 0 Å². The van der Waals surface area contributed by atoms with E-state index in [1.807, 2.05) is 0 Å². The Morgan fingerprint density at radius 1 is 1.38 bits per heavy atom. The van der Waals surface area contributed by atoms with E-state index in [0.717, 1.165) is 12.0 Å². The summed E-state index contributed by atoms with van der Waals surface area (Å²) < 4.78 is 0. The zero-order valence-corrected chi connectivity index (χ0v) is 11.6. The molecule has 1 N–H and O–H groups in total. The Morgan fingerprint density at radius 3 is 2.75 bits per heavy atom. The predicted molar refractivity (Wildman–Crippen MR) is 71.8 cm³/mol. The van der Waals surface area contributed by atoms with Gasteiger partial charge in [0.1, 0.15) is 0 Å². The van der Waals surface area contributed by atoms with Gasteiger partial charge in [-0.3, -0.25) is 4.90 Å². The summed E-state index contributed by atoms with van der Waals surface area (Å²) in [4.78, 5) is 2.72. The van der Waals surface area contributed by atoms with E-state index in [0.29, 0.717) is 6.04 Å². The van der Waals surface area contributed by atoms with Gasteiger partial charge in [0.25, 0.3) is 0 Å². The zero-order chi connectivity index (χ0) is 12.0. The van der Waals surface area contributed by atoms with Crippen LogP contribution >= 0.6 is 0 Å². The van der Waals surface area contributed by atoms with Crippen LogP contribution in [0, 0.1) is 5.92 Å². The Labute approximate surface area is 102 Å². The van der Waals surface area contributed by atoms with Gasteiger partial charge in [0.05, 0.1) is 0 Å². The van der Waals surface area contributed by atoms with Crippen LogP contribution in [0.1, 0.15) is 53.4 Å². The summed E-state index contributed by atoms with van der Waals surface area (Å²) in [5.41, 5.74) is 0. The molecule has 0 aliphatic carbocycles. The summed E-state index contributed by atoms with van der Waals surface area (Å²) in [6.45, 7) is 13.0. The first-order chi connectivity index (χ1) is 7.63. The molecule has 1 heterocycles. The Bertz CT molecular complexity index is 180. The second-order valence-electron chi connectivity index (χ2n) is 5.78. The first kappa shape index (κ1) is 14.0. The number of hydrogen-bond acceptors (Lipinski definition) is 2. The average molecular weight is 226 g/mol. The highest BCUT2D eigenvalue weighted by Crippen LogP contribution is 2.14. The average Bonchev–Trinajstić information content (AvgIpc) is 2.21. The molecular formula is C14H30N2. The molecule has 0 aromatic heterocycles. The Kier molecular flexibility index (Phi) is 6.37. The molecule has 1 saturated heterocycles. The van der Waals surface area contributed by atoms with Crippen molar-refractivity contribution in [3.8, 4) is 0 Å². The molecule has 2 unspecified atom stereocenters. The summed E-state index contributed by atoms with van der Waals surface area (Å²) in [6, 6.07) is 1.46. The molecule has 1 rings (SSSR count). The van der Waals surface area contributed by atoms with Crippen molar-refractivity contribution in [1.29, 1.82) is 0 Å². The lowest BCUT2D eigenvalue weighted by atomic mass is 10.0. The standard InChI is InChI=1S/C14H30N2/c1-5-7-14-10-15-13(4)11-16(14)9-6-8-12(2)3/h12-15H,5-11H2,1-4H3. The minimum absolute atomic E-state index is 0.673.